The van der Waals surface area contributed by atoms with E-state index in [1.165, 1.54) is 4.90 Å². The van der Waals surface area contributed by atoms with Gasteiger partial charge in [0.1, 0.15) is 17.1 Å². The molecule has 102 valence electrons. The van der Waals surface area contributed by atoms with Crippen LogP contribution in [0.3, 0.4) is 0 Å². The molecule has 1 fully saturated rings. The second kappa shape index (κ2) is 4.51. The van der Waals surface area contributed by atoms with E-state index in [2.05, 4.69) is 0 Å². The Balaban J connectivity index is 2.20. The van der Waals surface area contributed by atoms with Crippen molar-refractivity contribution in [3.05, 3.63) is 29.6 Å². The molecule has 1 unspecified atom stereocenters. The van der Waals surface area contributed by atoms with Crippen LogP contribution in [0, 0.1) is 5.82 Å². The smallest absolute Gasteiger partial charge is 0.325 e. The molecule has 2 rings (SSSR count). The minimum Gasteiger partial charge on any atom is -0.507 e. The van der Waals surface area contributed by atoms with Crippen LogP contribution in [0.1, 0.15) is 16.8 Å². The number of halogens is 1. The van der Waals surface area contributed by atoms with E-state index in [1.807, 2.05) is 0 Å². The van der Waals surface area contributed by atoms with Gasteiger partial charge in [0, 0.05) is 19.2 Å². The van der Waals surface area contributed by atoms with Gasteiger partial charge in [-0.2, -0.15) is 0 Å². The number of benzene rings is 1. The lowest BCUT2D eigenvalue weighted by Gasteiger charge is -2.20. The zero-order chi connectivity index (χ0) is 14.2. The molecular weight excluding hydrogens is 255 g/mol. The van der Waals surface area contributed by atoms with E-state index in [4.69, 9.17) is 10.8 Å². The van der Waals surface area contributed by atoms with Crippen LogP contribution in [0.25, 0.3) is 0 Å². The van der Waals surface area contributed by atoms with Gasteiger partial charge < -0.3 is 20.8 Å². The highest BCUT2D eigenvalue weighted by Gasteiger charge is 2.43. The first kappa shape index (κ1) is 13.3. The molecule has 1 aromatic carbocycles. The molecular formula is C12H13FN2O4. The van der Waals surface area contributed by atoms with Crippen molar-refractivity contribution in [2.75, 3.05) is 13.1 Å². The fourth-order valence-corrected chi connectivity index (χ4v) is 2.04. The molecule has 19 heavy (non-hydrogen) atoms. The number of amides is 1. The maximum absolute atomic E-state index is 12.8. The molecule has 4 N–H and O–H groups in total. The summed E-state index contributed by atoms with van der Waals surface area (Å²) in [4.78, 5) is 24.3. The Labute approximate surface area is 108 Å². The van der Waals surface area contributed by atoms with E-state index in [-0.39, 0.29) is 25.1 Å². The fraction of sp³-hybridized carbons (Fsp3) is 0.333. The van der Waals surface area contributed by atoms with Crippen molar-refractivity contribution < 1.29 is 24.2 Å². The quantitative estimate of drug-likeness (QED) is 0.708. The van der Waals surface area contributed by atoms with Crippen LogP contribution in [0.15, 0.2) is 18.2 Å². The first-order valence-corrected chi connectivity index (χ1v) is 5.63. The van der Waals surface area contributed by atoms with Crippen molar-refractivity contribution in [3.63, 3.8) is 0 Å². The number of phenols is 1. The summed E-state index contributed by atoms with van der Waals surface area (Å²) in [5.74, 6) is -2.87. The summed E-state index contributed by atoms with van der Waals surface area (Å²) in [5.41, 5.74) is 4.11. The summed E-state index contributed by atoms with van der Waals surface area (Å²) in [6.45, 7) is 0.0381. The lowest BCUT2D eigenvalue weighted by atomic mass is 10.0. The number of aromatic hydroxyl groups is 1. The third-order valence-electron chi connectivity index (χ3n) is 3.20. The number of carbonyl (C=O) groups is 2. The first-order valence-electron chi connectivity index (χ1n) is 5.63. The molecule has 6 nitrogen and oxygen atoms in total. The lowest BCUT2D eigenvalue weighted by Crippen LogP contribution is -2.50. The van der Waals surface area contributed by atoms with Crippen LogP contribution in [0.4, 0.5) is 4.39 Å². The number of hydrogen-bond donors (Lipinski definition) is 3. The van der Waals surface area contributed by atoms with Crippen LogP contribution >= 0.6 is 0 Å². The van der Waals surface area contributed by atoms with Gasteiger partial charge in [-0.1, -0.05) is 0 Å². The van der Waals surface area contributed by atoms with Gasteiger partial charge in [0.15, 0.2) is 0 Å². The molecule has 0 bridgehead atoms. The minimum atomic E-state index is -1.47. The number of carboxylic acid groups (broad SMARTS) is 1. The van der Waals surface area contributed by atoms with Gasteiger partial charge in [-0.15, -0.1) is 0 Å². The summed E-state index contributed by atoms with van der Waals surface area (Å²) in [7, 11) is 0. The number of carbonyl (C=O) groups excluding carboxylic acids is 1. The molecule has 0 aliphatic carbocycles. The Morgan fingerprint density at radius 3 is 2.63 bits per heavy atom. The molecule has 0 aromatic heterocycles. The second-order valence-corrected chi connectivity index (χ2v) is 4.60. The predicted octanol–water partition coefficient (Wildman–Crippen LogP) is 0.159. The van der Waals surface area contributed by atoms with Crippen molar-refractivity contribution in [1.82, 2.24) is 4.90 Å². The number of nitrogens with two attached hydrogens (primary N) is 1. The Morgan fingerprint density at radius 1 is 1.42 bits per heavy atom. The van der Waals surface area contributed by atoms with Gasteiger partial charge in [0.05, 0.1) is 5.56 Å². The molecule has 1 amide bonds. The van der Waals surface area contributed by atoms with Gasteiger partial charge in [-0.3, -0.25) is 9.59 Å². The molecule has 1 aliphatic heterocycles. The Hall–Kier alpha value is -2.15. The summed E-state index contributed by atoms with van der Waals surface area (Å²) in [5, 5.41) is 18.5. The summed E-state index contributed by atoms with van der Waals surface area (Å²) < 4.78 is 12.8. The predicted molar refractivity (Wildman–Crippen MR) is 63.1 cm³/mol. The van der Waals surface area contributed by atoms with Crippen molar-refractivity contribution in [3.8, 4) is 5.75 Å². The van der Waals surface area contributed by atoms with E-state index >= 15 is 0 Å². The van der Waals surface area contributed by atoms with E-state index < -0.39 is 29.0 Å². The van der Waals surface area contributed by atoms with Gasteiger partial charge in [-0.25, -0.2) is 4.39 Å². The third kappa shape index (κ3) is 2.37. The summed E-state index contributed by atoms with van der Waals surface area (Å²) in [6.07, 6.45) is 0.135. The third-order valence-corrected chi connectivity index (χ3v) is 3.20. The highest BCUT2D eigenvalue weighted by molar-refractivity contribution is 5.97. The zero-order valence-corrected chi connectivity index (χ0v) is 9.97. The first-order chi connectivity index (χ1) is 8.83. The maximum atomic E-state index is 12.8. The largest absolute Gasteiger partial charge is 0.507 e. The lowest BCUT2D eigenvalue weighted by molar-refractivity contribution is -0.142. The molecule has 1 atom stereocenters. The highest BCUT2D eigenvalue weighted by Crippen LogP contribution is 2.25. The highest BCUT2D eigenvalue weighted by atomic mass is 19.1. The van der Waals surface area contributed by atoms with Crippen molar-refractivity contribution >= 4 is 11.9 Å². The van der Waals surface area contributed by atoms with E-state index in [9.17, 15) is 19.1 Å². The average Bonchev–Trinajstić information content (AvgIpc) is 2.73. The molecule has 0 spiro atoms. The van der Waals surface area contributed by atoms with Crippen LogP contribution in [-0.2, 0) is 4.79 Å². The van der Waals surface area contributed by atoms with Crippen molar-refractivity contribution in [1.29, 1.82) is 0 Å². The van der Waals surface area contributed by atoms with Gasteiger partial charge in [-0.05, 0) is 18.6 Å². The molecule has 7 heteroatoms. The van der Waals surface area contributed by atoms with Crippen molar-refractivity contribution in [2.24, 2.45) is 5.73 Å². The zero-order valence-electron chi connectivity index (χ0n) is 9.97. The van der Waals surface area contributed by atoms with Crippen LogP contribution in [-0.4, -0.2) is 45.6 Å². The second-order valence-electron chi connectivity index (χ2n) is 4.60. The van der Waals surface area contributed by atoms with Crippen molar-refractivity contribution in [2.45, 2.75) is 12.0 Å². The van der Waals surface area contributed by atoms with Crippen LogP contribution in [0.2, 0.25) is 0 Å². The minimum absolute atomic E-state index is 0.0731. The molecule has 1 heterocycles. The Kier molecular flexibility index (Phi) is 3.15. The van der Waals surface area contributed by atoms with Gasteiger partial charge >= 0.3 is 5.97 Å². The van der Waals surface area contributed by atoms with E-state index in [1.54, 1.807) is 0 Å². The Morgan fingerprint density at radius 2 is 2.11 bits per heavy atom. The molecule has 1 aliphatic rings. The summed E-state index contributed by atoms with van der Waals surface area (Å²) in [6, 6.07) is 3.04. The average molecular weight is 268 g/mol. The van der Waals surface area contributed by atoms with E-state index in [0.717, 1.165) is 18.2 Å². The number of phenolic OH excluding ortho intramolecular Hbond substituents is 1. The van der Waals surface area contributed by atoms with Gasteiger partial charge in [0.2, 0.25) is 0 Å². The van der Waals surface area contributed by atoms with E-state index in [0.29, 0.717) is 0 Å². The molecule has 0 saturated carbocycles. The monoisotopic (exact) mass is 268 g/mol. The fourth-order valence-electron chi connectivity index (χ4n) is 2.04. The normalized spacial score (nSPS) is 22.5. The topological polar surface area (TPSA) is 104 Å². The van der Waals surface area contributed by atoms with Crippen LogP contribution < -0.4 is 5.73 Å². The SMILES string of the molecule is NC1(C(=O)O)CCN(C(=O)c2ccc(F)cc2O)C1. The Bertz CT molecular complexity index is 549. The number of carboxylic acids is 1. The van der Waals surface area contributed by atoms with Crippen LogP contribution in [0.5, 0.6) is 5.75 Å². The number of hydrogen-bond acceptors (Lipinski definition) is 4. The number of likely N-dealkylation sites (tertiary alicyclic amines) is 1. The number of nitrogens with zero attached hydrogens (tertiary/aromatic N) is 1. The number of rotatable bonds is 2. The summed E-state index contributed by atoms with van der Waals surface area (Å²) >= 11 is 0. The molecule has 1 saturated heterocycles. The maximum Gasteiger partial charge on any atom is 0.325 e. The molecule has 0 radical (unpaired) electrons. The molecule has 1 aromatic rings. The number of aliphatic carboxylic acids is 1. The van der Waals surface area contributed by atoms with Gasteiger partial charge in [0.25, 0.3) is 5.91 Å². The standard InChI is InChI=1S/C12H13FN2O4/c13-7-1-2-8(9(16)5-7)10(17)15-4-3-12(14,6-15)11(18)19/h1-2,5,16H,3-4,6,14H2,(H,18,19).